The molecule has 1 saturated carbocycles. The van der Waals surface area contributed by atoms with E-state index >= 15 is 0 Å². The summed E-state index contributed by atoms with van der Waals surface area (Å²) < 4.78 is 51.5. The number of carbonyl (C=O) groups is 1. The second-order valence-electron chi connectivity index (χ2n) is 12.1. The molecule has 0 N–H and O–H groups in total. The Labute approximate surface area is 277 Å². The Hall–Kier alpha value is -3.65. The summed E-state index contributed by atoms with van der Waals surface area (Å²) >= 11 is 0. The van der Waals surface area contributed by atoms with Gasteiger partial charge in [-0.1, -0.05) is 49.5 Å². The van der Waals surface area contributed by atoms with Gasteiger partial charge in [-0.2, -0.15) is 0 Å². The zero-order valence-electron chi connectivity index (χ0n) is 28.0. The van der Waals surface area contributed by atoms with E-state index in [1.54, 1.807) is 33.2 Å². The standard InChI is InChI=1S/C34H45N5O7S/c1-6-7-12-30-36-34(15-8-9-16-34)33(40)38(30)21-26-13-14-28(27(20-26)22-45-19-18-43-4)31-29(11-10-17-35-31)47(41,42)39(23-44-5)32-24(2)25(3)37-46-32/h10-11,13-14,17,20H,6-9,12,15-16,18-19,21-23H2,1-5H3. The van der Waals surface area contributed by atoms with Crippen molar-refractivity contribution in [3.63, 3.8) is 0 Å². The first-order valence-corrected chi connectivity index (χ1v) is 17.6. The molecule has 0 bridgehead atoms. The minimum atomic E-state index is -4.23. The Morgan fingerprint density at radius 2 is 1.87 bits per heavy atom. The second kappa shape index (κ2) is 15.1. The molecule has 0 atom stereocenters. The Balaban J connectivity index is 1.53. The van der Waals surface area contributed by atoms with E-state index < -0.39 is 15.6 Å². The van der Waals surface area contributed by atoms with Gasteiger partial charge >= 0.3 is 0 Å². The summed E-state index contributed by atoms with van der Waals surface area (Å²) in [6.45, 7) is 6.64. The lowest BCUT2D eigenvalue weighted by Crippen LogP contribution is -2.40. The van der Waals surface area contributed by atoms with Gasteiger partial charge in [0.25, 0.3) is 15.9 Å². The smallest absolute Gasteiger partial charge is 0.270 e. The van der Waals surface area contributed by atoms with Gasteiger partial charge in [-0.3, -0.25) is 19.7 Å². The number of rotatable bonds is 16. The van der Waals surface area contributed by atoms with E-state index in [2.05, 4.69) is 17.1 Å². The monoisotopic (exact) mass is 667 g/mol. The van der Waals surface area contributed by atoms with Crippen molar-refractivity contribution in [2.75, 3.05) is 38.5 Å². The molecule has 254 valence electrons. The van der Waals surface area contributed by atoms with Crippen molar-refractivity contribution in [3.05, 3.63) is 58.9 Å². The maximum absolute atomic E-state index is 14.3. The number of pyridine rings is 1. The van der Waals surface area contributed by atoms with E-state index in [4.69, 9.17) is 23.7 Å². The zero-order chi connectivity index (χ0) is 33.6. The lowest BCUT2D eigenvalue weighted by atomic mass is 9.97. The van der Waals surface area contributed by atoms with Gasteiger partial charge in [0.15, 0.2) is 0 Å². The highest BCUT2D eigenvalue weighted by Gasteiger charge is 2.49. The van der Waals surface area contributed by atoms with Gasteiger partial charge in [-0.25, -0.2) is 12.7 Å². The highest BCUT2D eigenvalue weighted by molar-refractivity contribution is 7.93. The molecule has 13 heteroatoms. The molecule has 12 nitrogen and oxygen atoms in total. The Bertz CT molecular complexity index is 1700. The van der Waals surface area contributed by atoms with E-state index in [-0.39, 0.29) is 35.7 Å². The minimum absolute atomic E-state index is 0.0247. The van der Waals surface area contributed by atoms with Crippen LogP contribution in [-0.2, 0) is 42.2 Å². The molecule has 1 aliphatic carbocycles. The highest BCUT2D eigenvalue weighted by atomic mass is 32.2. The molecule has 2 aromatic heterocycles. The molecule has 5 rings (SSSR count). The average Bonchev–Trinajstić information content (AvgIpc) is 3.75. The van der Waals surface area contributed by atoms with Crippen molar-refractivity contribution in [1.82, 2.24) is 15.0 Å². The third-order valence-corrected chi connectivity index (χ3v) is 10.6. The molecule has 1 fully saturated rings. The molecule has 1 spiro atoms. The first kappa shape index (κ1) is 34.7. The predicted molar refractivity (Wildman–Crippen MR) is 177 cm³/mol. The van der Waals surface area contributed by atoms with Crippen molar-refractivity contribution in [3.8, 4) is 11.3 Å². The molecule has 1 aliphatic heterocycles. The number of aliphatic imine (C=N–C) groups is 1. The van der Waals surface area contributed by atoms with E-state index in [0.717, 1.165) is 66.2 Å². The number of aryl methyl sites for hydroxylation is 1. The van der Waals surface area contributed by atoms with Crippen LogP contribution in [0, 0.1) is 13.8 Å². The van der Waals surface area contributed by atoms with Crippen LogP contribution in [0.15, 0.2) is 50.9 Å². The van der Waals surface area contributed by atoms with Gasteiger partial charge in [0.1, 0.15) is 23.0 Å². The van der Waals surface area contributed by atoms with E-state index in [1.807, 2.05) is 23.1 Å². The number of unbranched alkanes of at least 4 members (excludes halogenated alkanes) is 1. The summed E-state index contributed by atoms with van der Waals surface area (Å²) in [5.41, 5.74) is 3.01. The van der Waals surface area contributed by atoms with E-state index in [1.165, 1.54) is 13.2 Å². The number of amidine groups is 1. The molecule has 47 heavy (non-hydrogen) atoms. The number of hydrogen-bond acceptors (Lipinski definition) is 10. The fraction of sp³-hybridized carbons (Fsp3) is 0.529. The van der Waals surface area contributed by atoms with Gasteiger partial charge in [0.2, 0.25) is 5.88 Å². The lowest BCUT2D eigenvalue weighted by Gasteiger charge is -2.24. The first-order chi connectivity index (χ1) is 22.7. The number of hydrogen-bond donors (Lipinski definition) is 0. The number of ether oxygens (including phenoxy) is 3. The lowest BCUT2D eigenvalue weighted by molar-refractivity contribution is -0.131. The van der Waals surface area contributed by atoms with Crippen LogP contribution in [-0.4, -0.2) is 74.9 Å². The molecular formula is C34H45N5O7S. The third-order valence-electron chi connectivity index (χ3n) is 8.88. The van der Waals surface area contributed by atoms with Gasteiger partial charge < -0.3 is 18.7 Å². The number of sulfonamides is 1. The SMILES string of the molecule is CCCCC1=NC2(CCCC2)C(=O)N1Cc1ccc(-c2ncccc2S(=O)(=O)N(COC)c2onc(C)c2C)c(COCCOC)c1. The van der Waals surface area contributed by atoms with Crippen LogP contribution in [0.3, 0.4) is 0 Å². The molecule has 0 saturated heterocycles. The number of carbonyl (C=O) groups excluding carboxylic acids is 1. The average molecular weight is 668 g/mol. The van der Waals surface area contributed by atoms with Crippen LogP contribution in [0.4, 0.5) is 5.88 Å². The molecule has 3 heterocycles. The van der Waals surface area contributed by atoms with Gasteiger partial charge in [0, 0.05) is 38.0 Å². The number of anilines is 1. The van der Waals surface area contributed by atoms with Crippen LogP contribution < -0.4 is 4.31 Å². The summed E-state index contributed by atoms with van der Waals surface area (Å²) in [7, 11) is -1.22. The van der Waals surface area contributed by atoms with Crippen LogP contribution >= 0.6 is 0 Å². The molecule has 0 radical (unpaired) electrons. The quantitative estimate of drug-likeness (QED) is 0.142. The number of amides is 1. The predicted octanol–water partition coefficient (Wildman–Crippen LogP) is 5.56. The minimum Gasteiger partial charge on any atom is -0.382 e. The van der Waals surface area contributed by atoms with Crippen molar-refractivity contribution in [2.24, 2.45) is 4.99 Å². The molecule has 3 aromatic rings. The van der Waals surface area contributed by atoms with Crippen molar-refractivity contribution < 1.29 is 31.9 Å². The number of benzene rings is 1. The molecular weight excluding hydrogens is 622 g/mol. The van der Waals surface area contributed by atoms with E-state index in [0.29, 0.717) is 36.6 Å². The fourth-order valence-corrected chi connectivity index (χ4v) is 7.74. The Morgan fingerprint density at radius 1 is 1.09 bits per heavy atom. The van der Waals surface area contributed by atoms with Gasteiger partial charge in [0.05, 0.1) is 37.8 Å². The Kier molecular flexibility index (Phi) is 11.1. The zero-order valence-corrected chi connectivity index (χ0v) is 28.8. The number of aromatic nitrogens is 2. The van der Waals surface area contributed by atoms with Crippen molar-refractivity contribution in [2.45, 2.75) is 89.3 Å². The van der Waals surface area contributed by atoms with E-state index in [9.17, 15) is 13.2 Å². The molecule has 0 unspecified atom stereocenters. The normalized spacial score (nSPS) is 16.0. The first-order valence-electron chi connectivity index (χ1n) is 16.2. The summed E-state index contributed by atoms with van der Waals surface area (Å²) in [4.78, 5) is 25.2. The number of methoxy groups -OCH3 is 2. The third kappa shape index (κ3) is 7.13. The van der Waals surface area contributed by atoms with Crippen LogP contribution in [0.2, 0.25) is 0 Å². The molecule has 2 aliphatic rings. The van der Waals surface area contributed by atoms with Crippen LogP contribution in [0.25, 0.3) is 11.3 Å². The summed E-state index contributed by atoms with van der Waals surface area (Å²) in [6, 6.07) is 8.83. The van der Waals surface area contributed by atoms with Crippen molar-refractivity contribution >= 4 is 27.7 Å². The second-order valence-corrected chi connectivity index (χ2v) is 13.9. The summed E-state index contributed by atoms with van der Waals surface area (Å²) in [6.07, 6.45) is 7.89. The fourth-order valence-electron chi connectivity index (χ4n) is 6.21. The summed E-state index contributed by atoms with van der Waals surface area (Å²) in [5.74, 6) is 1.01. The van der Waals surface area contributed by atoms with Gasteiger partial charge in [-0.15, -0.1) is 0 Å². The van der Waals surface area contributed by atoms with Crippen LogP contribution in [0.5, 0.6) is 0 Å². The van der Waals surface area contributed by atoms with Gasteiger partial charge in [-0.05, 0) is 56.4 Å². The molecule has 1 amide bonds. The maximum atomic E-state index is 14.3. The largest absolute Gasteiger partial charge is 0.382 e. The van der Waals surface area contributed by atoms with Crippen molar-refractivity contribution in [1.29, 1.82) is 0 Å². The Morgan fingerprint density at radius 3 is 2.55 bits per heavy atom. The molecule has 1 aromatic carbocycles. The maximum Gasteiger partial charge on any atom is 0.270 e. The topological polar surface area (TPSA) is 137 Å². The number of nitrogens with zero attached hydrogens (tertiary/aromatic N) is 5. The highest BCUT2D eigenvalue weighted by Crippen LogP contribution is 2.40. The summed E-state index contributed by atoms with van der Waals surface area (Å²) in [5, 5.41) is 3.96. The van der Waals surface area contributed by atoms with Crippen LogP contribution in [0.1, 0.15) is 74.3 Å².